The molecule has 0 fully saturated rings. The fourth-order valence-corrected chi connectivity index (χ4v) is 1.15. The Kier molecular flexibility index (Phi) is 5.82. The van der Waals surface area contributed by atoms with Crippen molar-refractivity contribution in [3.8, 4) is 0 Å². The Balaban J connectivity index is 3.54. The van der Waals surface area contributed by atoms with Crippen molar-refractivity contribution in [2.24, 2.45) is 5.92 Å². The number of rotatable bonds is 5. The largest absolute Gasteiger partial charge is 0.376 e. The van der Waals surface area contributed by atoms with E-state index in [0.29, 0.717) is 5.92 Å². The zero-order valence-corrected chi connectivity index (χ0v) is 11.6. The molecule has 0 amide bonds. The smallest absolute Gasteiger partial charge is 0.0598 e. The van der Waals surface area contributed by atoms with E-state index in [9.17, 15) is 0 Å². The summed E-state index contributed by atoms with van der Waals surface area (Å²) in [7, 11) is 0. The van der Waals surface area contributed by atoms with Crippen LogP contribution in [0.1, 0.15) is 54.9 Å². The molecule has 2 heteroatoms. The van der Waals surface area contributed by atoms with Gasteiger partial charge in [0.05, 0.1) is 5.60 Å². The molecule has 0 spiro atoms. The second kappa shape index (κ2) is 5.86. The summed E-state index contributed by atoms with van der Waals surface area (Å²) in [5.74, 6) is 0.673. The van der Waals surface area contributed by atoms with Crippen molar-refractivity contribution < 1.29 is 4.74 Å². The predicted molar refractivity (Wildman–Crippen MR) is 67.2 cm³/mol. The van der Waals surface area contributed by atoms with Gasteiger partial charge in [0.1, 0.15) is 0 Å². The molecular formula is C13H29NO. The van der Waals surface area contributed by atoms with E-state index in [0.717, 1.165) is 19.6 Å². The van der Waals surface area contributed by atoms with Crippen LogP contribution in [0.3, 0.4) is 0 Å². The lowest BCUT2D eigenvalue weighted by molar-refractivity contribution is -0.00864. The summed E-state index contributed by atoms with van der Waals surface area (Å²) < 4.78 is 5.70. The highest BCUT2D eigenvalue weighted by Gasteiger charge is 2.13. The number of hydrogen-bond donors (Lipinski definition) is 1. The molecule has 0 aromatic carbocycles. The monoisotopic (exact) mass is 215 g/mol. The molecule has 2 nitrogen and oxygen atoms in total. The molecule has 1 atom stereocenters. The molecule has 0 saturated heterocycles. The van der Waals surface area contributed by atoms with Crippen molar-refractivity contribution >= 4 is 0 Å². The van der Waals surface area contributed by atoms with Crippen LogP contribution in [0, 0.1) is 5.92 Å². The first-order chi connectivity index (χ1) is 6.60. The van der Waals surface area contributed by atoms with Crippen LogP contribution in [0.5, 0.6) is 0 Å². The molecule has 92 valence electrons. The summed E-state index contributed by atoms with van der Waals surface area (Å²) in [5, 5.41) is 3.51. The Morgan fingerprint density at radius 3 is 2.00 bits per heavy atom. The van der Waals surface area contributed by atoms with Crippen molar-refractivity contribution in [2.75, 3.05) is 13.2 Å². The van der Waals surface area contributed by atoms with Crippen molar-refractivity contribution in [2.45, 2.75) is 66.0 Å². The van der Waals surface area contributed by atoms with Gasteiger partial charge in [0, 0.05) is 12.1 Å². The van der Waals surface area contributed by atoms with Gasteiger partial charge in [-0.3, -0.25) is 0 Å². The molecule has 0 heterocycles. The molecule has 1 N–H and O–H groups in total. The standard InChI is InChI=1S/C13H29NO/c1-11(10-14-12(2,3)4)8-9-15-13(5,6)7/h11,14H,8-10H2,1-7H3. The average molecular weight is 215 g/mol. The van der Waals surface area contributed by atoms with E-state index in [1.807, 2.05) is 0 Å². The molecule has 0 aliphatic carbocycles. The third kappa shape index (κ3) is 11.8. The maximum atomic E-state index is 5.70. The molecule has 15 heavy (non-hydrogen) atoms. The second-order valence-electron chi connectivity index (χ2n) is 6.49. The first-order valence-electron chi connectivity index (χ1n) is 5.99. The summed E-state index contributed by atoms with van der Waals surface area (Å²) in [4.78, 5) is 0. The molecule has 0 rings (SSSR count). The first kappa shape index (κ1) is 14.9. The van der Waals surface area contributed by atoms with Crippen LogP contribution in [0.25, 0.3) is 0 Å². The number of hydrogen-bond acceptors (Lipinski definition) is 2. The first-order valence-corrected chi connectivity index (χ1v) is 5.99. The lowest BCUT2D eigenvalue weighted by Crippen LogP contribution is -2.38. The zero-order chi connectivity index (χ0) is 12.1. The highest BCUT2D eigenvalue weighted by atomic mass is 16.5. The Morgan fingerprint density at radius 2 is 1.60 bits per heavy atom. The number of ether oxygens (including phenoxy) is 1. The van der Waals surface area contributed by atoms with Crippen LogP contribution in [0.15, 0.2) is 0 Å². The Labute approximate surface area is 95.8 Å². The van der Waals surface area contributed by atoms with E-state index in [4.69, 9.17) is 4.74 Å². The minimum atomic E-state index is -0.00280. The van der Waals surface area contributed by atoms with Crippen LogP contribution in [-0.2, 0) is 4.74 Å². The van der Waals surface area contributed by atoms with E-state index in [-0.39, 0.29) is 11.1 Å². The normalized spacial score (nSPS) is 15.4. The van der Waals surface area contributed by atoms with Crippen molar-refractivity contribution in [3.63, 3.8) is 0 Å². The van der Waals surface area contributed by atoms with E-state index in [1.165, 1.54) is 0 Å². The van der Waals surface area contributed by atoms with Gasteiger partial charge < -0.3 is 10.1 Å². The van der Waals surface area contributed by atoms with Gasteiger partial charge in [-0.25, -0.2) is 0 Å². The molecule has 0 aromatic rings. The average Bonchev–Trinajstić information content (AvgIpc) is 1.97. The molecule has 0 radical (unpaired) electrons. The summed E-state index contributed by atoms with van der Waals surface area (Å²) in [6.07, 6.45) is 1.13. The Morgan fingerprint density at radius 1 is 1.07 bits per heavy atom. The highest BCUT2D eigenvalue weighted by Crippen LogP contribution is 2.10. The summed E-state index contributed by atoms with van der Waals surface area (Å²) >= 11 is 0. The molecule has 0 saturated carbocycles. The van der Waals surface area contributed by atoms with E-state index < -0.39 is 0 Å². The minimum Gasteiger partial charge on any atom is -0.376 e. The van der Waals surface area contributed by atoms with Gasteiger partial charge in [0.25, 0.3) is 0 Å². The van der Waals surface area contributed by atoms with Gasteiger partial charge in [-0.2, -0.15) is 0 Å². The summed E-state index contributed by atoms with van der Waals surface area (Å²) in [5.41, 5.74) is 0.219. The molecule has 0 aliphatic rings. The van der Waals surface area contributed by atoms with Crippen molar-refractivity contribution in [1.82, 2.24) is 5.32 Å². The third-order valence-electron chi connectivity index (χ3n) is 2.13. The lowest BCUT2D eigenvalue weighted by atomic mass is 10.0. The van der Waals surface area contributed by atoms with Crippen LogP contribution in [0.4, 0.5) is 0 Å². The van der Waals surface area contributed by atoms with Gasteiger partial charge in [-0.1, -0.05) is 6.92 Å². The maximum absolute atomic E-state index is 5.70. The van der Waals surface area contributed by atoms with E-state index >= 15 is 0 Å². The van der Waals surface area contributed by atoms with Crippen molar-refractivity contribution in [3.05, 3.63) is 0 Å². The zero-order valence-electron chi connectivity index (χ0n) is 11.6. The molecule has 1 unspecified atom stereocenters. The maximum Gasteiger partial charge on any atom is 0.0598 e. The SMILES string of the molecule is CC(CCOC(C)(C)C)CNC(C)(C)C. The highest BCUT2D eigenvalue weighted by molar-refractivity contribution is 4.72. The van der Waals surface area contributed by atoms with Gasteiger partial charge >= 0.3 is 0 Å². The van der Waals surface area contributed by atoms with E-state index in [1.54, 1.807) is 0 Å². The molecular weight excluding hydrogens is 186 g/mol. The molecule has 0 aromatic heterocycles. The topological polar surface area (TPSA) is 21.3 Å². The second-order valence-corrected chi connectivity index (χ2v) is 6.49. The number of nitrogens with one attached hydrogen (secondary N) is 1. The Hall–Kier alpha value is -0.0800. The lowest BCUT2D eigenvalue weighted by Gasteiger charge is -2.25. The van der Waals surface area contributed by atoms with Gasteiger partial charge in [0.15, 0.2) is 0 Å². The van der Waals surface area contributed by atoms with Gasteiger partial charge in [0.2, 0.25) is 0 Å². The van der Waals surface area contributed by atoms with Crippen LogP contribution in [-0.4, -0.2) is 24.3 Å². The fraction of sp³-hybridized carbons (Fsp3) is 1.00. The van der Waals surface area contributed by atoms with Crippen LogP contribution < -0.4 is 5.32 Å². The van der Waals surface area contributed by atoms with Crippen LogP contribution in [0.2, 0.25) is 0 Å². The van der Waals surface area contributed by atoms with Crippen LogP contribution >= 0.6 is 0 Å². The molecule has 0 aliphatic heterocycles. The Bertz CT molecular complexity index is 164. The van der Waals surface area contributed by atoms with E-state index in [2.05, 4.69) is 53.8 Å². The van der Waals surface area contributed by atoms with Gasteiger partial charge in [-0.05, 0) is 60.4 Å². The van der Waals surface area contributed by atoms with Gasteiger partial charge in [-0.15, -0.1) is 0 Å². The summed E-state index contributed by atoms with van der Waals surface area (Å²) in [6, 6.07) is 0. The third-order valence-corrected chi connectivity index (χ3v) is 2.13. The minimum absolute atomic E-state index is 0.00280. The fourth-order valence-electron chi connectivity index (χ4n) is 1.15. The predicted octanol–water partition coefficient (Wildman–Crippen LogP) is 3.22. The molecule has 0 bridgehead atoms. The van der Waals surface area contributed by atoms with Crippen molar-refractivity contribution in [1.29, 1.82) is 0 Å². The summed E-state index contributed by atoms with van der Waals surface area (Å²) in [6.45, 7) is 17.1. The quantitative estimate of drug-likeness (QED) is 0.760.